The van der Waals surface area contributed by atoms with E-state index in [4.69, 9.17) is 0 Å². The Kier molecular flexibility index (Phi) is 5.34. The number of halogens is 1. The molecule has 5 nitrogen and oxygen atoms in total. The van der Waals surface area contributed by atoms with Gasteiger partial charge in [0.1, 0.15) is 16.5 Å². The van der Waals surface area contributed by atoms with Crippen LogP contribution in [0, 0.1) is 5.82 Å². The number of hydrogen-bond donors (Lipinski definition) is 0. The Morgan fingerprint density at radius 1 is 1.16 bits per heavy atom. The largest absolute Gasteiger partial charge is 0.334 e. The van der Waals surface area contributed by atoms with Gasteiger partial charge in [-0.1, -0.05) is 30.3 Å². The predicted octanol–water partition coefficient (Wildman–Crippen LogP) is 4.98. The summed E-state index contributed by atoms with van der Waals surface area (Å²) in [5.74, 6) is -0.301. The van der Waals surface area contributed by atoms with Crippen molar-refractivity contribution in [3.05, 3.63) is 89.4 Å². The summed E-state index contributed by atoms with van der Waals surface area (Å²) in [6.07, 6.45) is 6.22. The van der Waals surface area contributed by atoms with Gasteiger partial charge in [0.25, 0.3) is 5.91 Å². The van der Waals surface area contributed by atoms with Gasteiger partial charge in [-0.15, -0.1) is 11.3 Å². The van der Waals surface area contributed by atoms with Crippen molar-refractivity contribution in [3.63, 3.8) is 0 Å². The number of aromatic nitrogens is 3. The highest BCUT2D eigenvalue weighted by Gasteiger charge is 2.31. The molecule has 0 radical (unpaired) electrons. The number of carbonyl (C=O) groups is 1. The zero-order valence-corrected chi connectivity index (χ0v) is 17.6. The molecule has 2 aromatic carbocycles. The van der Waals surface area contributed by atoms with Crippen LogP contribution in [0.25, 0.3) is 16.3 Å². The minimum atomic E-state index is -0.242. The van der Waals surface area contributed by atoms with Gasteiger partial charge >= 0.3 is 0 Å². The average molecular weight is 433 g/mol. The van der Waals surface area contributed by atoms with Crippen LogP contribution in [0.1, 0.15) is 28.9 Å². The van der Waals surface area contributed by atoms with E-state index in [0.717, 1.165) is 34.7 Å². The monoisotopic (exact) mass is 432 g/mol. The number of carbonyl (C=O) groups excluding carboxylic acids is 1. The van der Waals surface area contributed by atoms with Crippen molar-refractivity contribution < 1.29 is 9.18 Å². The lowest BCUT2D eigenvalue weighted by Gasteiger charge is -2.24. The van der Waals surface area contributed by atoms with Crippen molar-refractivity contribution >= 4 is 17.2 Å². The van der Waals surface area contributed by atoms with E-state index in [-0.39, 0.29) is 17.8 Å². The molecule has 0 bridgehead atoms. The standard InChI is InChI=1S/C24H21FN4OS/c25-19-7-4-6-17(12-19)13-21-10-5-11-28(21)24(30)22-16-31-23(27-22)18-14-26-29(15-18)20-8-2-1-3-9-20/h1-4,6-9,12,14-16,21H,5,10-11,13H2. The van der Waals surface area contributed by atoms with Crippen LogP contribution in [0.2, 0.25) is 0 Å². The summed E-state index contributed by atoms with van der Waals surface area (Å²) in [4.78, 5) is 19.6. The Labute approximate surface area is 183 Å². The molecule has 1 aliphatic rings. The molecule has 0 spiro atoms. The summed E-state index contributed by atoms with van der Waals surface area (Å²) < 4.78 is 15.3. The highest BCUT2D eigenvalue weighted by Crippen LogP contribution is 2.28. The second kappa shape index (κ2) is 8.43. The fraction of sp³-hybridized carbons (Fsp3) is 0.208. The van der Waals surface area contributed by atoms with Crippen molar-refractivity contribution in [2.24, 2.45) is 0 Å². The number of hydrogen-bond acceptors (Lipinski definition) is 4. The molecule has 31 heavy (non-hydrogen) atoms. The van der Waals surface area contributed by atoms with Crippen LogP contribution in [-0.4, -0.2) is 38.2 Å². The lowest BCUT2D eigenvalue weighted by atomic mass is 10.0. The number of likely N-dealkylation sites (tertiary alicyclic amines) is 1. The number of nitrogens with zero attached hydrogens (tertiary/aromatic N) is 4. The number of thiazole rings is 1. The fourth-order valence-corrected chi connectivity index (χ4v) is 4.83. The summed E-state index contributed by atoms with van der Waals surface area (Å²) in [7, 11) is 0. The predicted molar refractivity (Wildman–Crippen MR) is 119 cm³/mol. The third-order valence-electron chi connectivity index (χ3n) is 5.57. The van der Waals surface area contributed by atoms with Crippen LogP contribution in [0.15, 0.2) is 72.4 Å². The summed E-state index contributed by atoms with van der Waals surface area (Å²) in [5, 5.41) is 7.00. The molecule has 156 valence electrons. The lowest BCUT2D eigenvalue weighted by Crippen LogP contribution is -2.37. The molecule has 1 amide bonds. The molecule has 4 aromatic rings. The molecule has 1 unspecified atom stereocenters. The first-order chi connectivity index (χ1) is 15.2. The van der Waals surface area contributed by atoms with Gasteiger partial charge in [-0.3, -0.25) is 4.79 Å². The Morgan fingerprint density at radius 3 is 2.87 bits per heavy atom. The summed E-state index contributed by atoms with van der Waals surface area (Å²) >= 11 is 1.44. The molecule has 0 saturated carbocycles. The topological polar surface area (TPSA) is 51.0 Å². The molecule has 1 saturated heterocycles. The zero-order valence-electron chi connectivity index (χ0n) is 16.8. The molecular formula is C24H21FN4OS. The third-order valence-corrected chi connectivity index (χ3v) is 6.46. The van der Waals surface area contributed by atoms with Crippen LogP contribution >= 0.6 is 11.3 Å². The molecule has 2 aromatic heterocycles. The van der Waals surface area contributed by atoms with Gasteiger partial charge < -0.3 is 4.90 Å². The highest BCUT2D eigenvalue weighted by atomic mass is 32.1. The van der Waals surface area contributed by atoms with Gasteiger partial charge in [-0.05, 0) is 49.1 Å². The van der Waals surface area contributed by atoms with Crippen LogP contribution in [0.5, 0.6) is 0 Å². The van der Waals surface area contributed by atoms with E-state index >= 15 is 0 Å². The molecule has 0 aliphatic carbocycles. The van der Waals surface area contributed by atoms with Crippen molar-refractivity contribution in [1.82, 2.24) is 19.7 Å². The average Bonchev–Trinajstić information content (AvgIpc) is 3.54. The van der Waals surface area contributed by atoms with E-state index in [9.17, 15) is 9.18 Å². The highest BCUT2D eigenvalue weighted by molar-refractivity contribution is 7.13. The zero-order chi connectivity index (χ0) is 21.2. The number of benzene rings is 2. The third kappa shape index (κ3) is 4.14. The minimum absolute atomic E-state index is 0.0585. The van der Waals surface area contributed by atoms with Crippen molar-refractivity contribution in [2.45, 2.75) is 25.3 Å². The summed E-state index contributed by atoms with van der Waals surface area (Å²) in [5.41, 5.74) is 3.22. The van der Waals surface area contributed by atoms with Gasteiger partial charge in [0.15, 0.2) is 0 Å². The quantitative estimate of drug-likeness (QED) is 0.447. The maximum Gasteiger partial charge on any atom is 0.273 e. The van der Waals surface area contributed by atoms with Crippen LogP contribution in [0.3, 0.4) is 0 Å². The summed E-state index contributed by atoms with van der Waals surface area (Å²) in [6, 6.07) is 16.6. The number of amides is 1. The van der Waals surface area contributed by atoms with E-state index in [1.54, 1.807) is 23.0 Å². The van der Waals surface area contributed by atoms with E-state index in [1.807, 2.05) is 52.9 Å². The Morgan fingerprint density at radius 2 is 2.03 bits per heavy atom. The van der Waals surface area contributed by atoms with Gasteiger partial charge in [0.2, 0.25) is 0 Å². The summed E-state index contributed by atoms with van der Waals surface area (Å²) in [6.45, 7) is 0.706. The Hall–Kier alpha value is -3.32. The second-order valence-electron chi connectivity index (χ2n) is 7.68. The Balaban J connectivity index is 1.32. The first kappa shape index (κ1) is 19.6. The fourth-order valence-electron chi connectivity index (χ4n) is 4.06. The van der Waals surface area contributed by atoms with E-state index in [0.29, 0.717) is 18.7 Å². The molecule has 1 fully saturated rings. The minimum Gasteiger partial charge on any atom is -0.334 e. The number of rotatable bonds is 5. The van der Waals surface area contributed by atoms with Crippen LogP contribution in [-0.2, 0) is 6.42 Å². The van der Waals surface area contributed by atoms with Gasteiger partial charge in [-0.25, -0.2) is 14.1 Å². The van der Waals surface area contributed by atoms with Crippen molar-refractivity contribution in [2.75, 3.05) is 6.54 Å². The van der Waals surface area contributed by atoms with E-state index < -0.39 is 0 Å². The number of para-hydroxylation sites is 1. The SMILES string of the molecule is O=C(c1csc(-c2cnn(-c3ccccc3)c2)n1)N1CCCC1Cc1cccc(F)c1. The van der Waals surface area contributed by atoms with E-state index in [2.05, 4.69) is 10.1 Å². The maximum atomic E-state index is 13.5. The van der Waals surface area contributed by atoms with Crippen molar-refractivity contribution in [1.29, 1.82) is 0 Å². The first-order valence-corrected chi connectivity index (χ1v) is 11.2. The first-order valence-electron chi connectivity index (χ1n) is 10.3. The molecule has 1 aliphatic heterocycles. The lowest BCUT2D eigenvalue weighted by molar-refractivity contribution is 0.0731. The van der Waals surface area contributed by atoms with Gasteiger partial charge in [-0.2, -0.15) is 5.10 Å². The smallest absolute Gasteiger partial charge is 0.273 e. The van der Waals surface area contributed by atoms with Crippen molar-refractivity contribution in [3.8, 4) is 16.3 Å². The molecular weight excluding hydrogens is 411 g/mol. The van der Waals surface area contributed by atoms with Crippen LogP contribution in [0.4, 0.5) is 4.39 Å². The molecule has 7 heteroatoms. The molecule has 1 atom stereocenters. The Bertz CT molecular complexity index is 1200. The molecule has 3 heterocycles. The second-order valence-corrected chi connectivity index (χ2v) is 8.53. The molecule has 0 N–H and O–H groups in total. The van der Waals surface area contributed by atoms with E-state index in [1.165, 1.54) is 17.4 Å². The van der Waals surface area contributed by atoms with Gasteiger partial charge in [0, 0.05) is 29.7 Å². The van der Waals surface area contributed by atoms with Crippen LogP contribution < -0.4 is 0 Å². The normalized spacial score (nSPS) is 16.0. The maximum absolute atomic E-state index is 13.5. The van der Waals surface area contributed by atoms with Gasteiger partial charge in [0.05, 0.1) is 11.9 Å². The molecule has 5 rings (SSSR count).